The van der Waals surface area contributed by atoms with Crippen molar-refractivity contribution in [3.8, 4) is 0 Å². The van der Waals surface area contributed by atoms with Gasteiger partial charge in [0.15, 0.2) is 0 Å². The van der Waals surface area contributed by atoms with Gasteiger partial charge in [-0.25, -0.2) is 0 Å². The van der Waals surface area contributed by atoms with Gasteiger partial charge in [0.05, 0.1) is 0 Å². The molecule has 0 spiro atoms. The molecule has 0 heterocycles. The minimum atomic E-state index is -3.67. The fourth-order valence-corrected chi connectivity index (χ4v) is 1.05. The van der Waals surface area contributed by atoms with Crippen LogP contribution in [0.1, 0.15) is 19.3 Å². The summed E-state index contributed by atoms with van der Waals surface area (Å²) in [5, 5.41) is 0. The largest absolute Gasteiger partial charge is 1.00 e. The quantitative estimate of drug-likeness (QED) is 0.335. The molecule has 10 heavy (non-hydrogen) atoms. The van der Waals surface area contributed by atoms with Gasteiger partial charge in [0, 0.05) is 0 Å². The molecule has 0 aliphatic heterocycles. The molecule has 3 rings (SSSR count). The van der Waals surface area contributed by atoms with E-state index in [9.17, 15) is 12.9 Å². The molecule has 0 unspecified atom stereocenters. The summed E-state index contributed by atoms with van der Waals surface area (Å²) in [6.07, 6.45) is 4.50. The summed E-state index contributed by atoms with van der Waals surface area (Å²) in [4.78, 5) is 0. The van der Waals surface area contributed by atoms with E-state index in [1.807, 2.05) is 5.92 Å². The normalized spacial score (nSPS) is 20.7. The van der Waals surface area contributed by atoms with Crippen LogP contribution in [0.15, 0.2) is 0 Å². The van der Waals surface area contributed by atoms with Gasteiger partial charge in [-0.2, -0.15) is 19.3 Å². The molecule has 0 aromatic carbocycles. The van der Waals surface area contributed by atoms with E-state index in [1.54, 1.807) is 0 Å². The van der Waals surface area contributed by atoms with Gasteiger partial charge in [-0.05, 0) is 0 Å². The van der Waals surface area contributed by atoms with E-state index in [0.717, 1.165) is 0 Å². The summed E-state index contributed by atoms with van der Waals surface area (Å²) in [5.41, 5.74) is 0. The first kappa shape index (κ1) is 11.5. The SMILES string of the molecule is C1[C-]2CC1C2.FB(F)F.[K+]. The predicted molar refractivity (Wildman–Crippen MR) is 29.7 cm³/mol. The number of rotatable bonds is 0. The number of hydrogen-bond acceptors (Lipinski definition) is 0. The maximum Gasteiger partial charge on any atom is 1.00 e. The molecule has 3 aliphatic carbocycles. The van der Waals surface area contributed by atoms with Gasteiger partial charge in [0.2, 0.25) is 0 Å². The Morgan fingerprint density at radius 3 is 1.20 bits per heavy atom. The molecule has 52 valence electrons. The van der Waals surface area contributed by atoms with Crippen LogP contribution in [0.4, 0.5) is 12.9 Å². The summed E-state index contributed by atoms with van der Waals surface area (Å²) in [7, 11) is -3.67. The molecule has 3 aliphatic rings. The smallest absolute Gasteiger partial charge is 0.313 e. The molecule has 0 aromatic rings. The molecule has 0 aromatic heterocycles. The molecule has 0 nitrogen and oxygen atoms in total. The Morgan fingerprint density at radius 1 is 1.10 bits per heavy atom. The van der Waals surface area contributed by atoms with Gasteiger partial charge in [-0.1, -0.05) is 0 Å². The van der Waals surface area contributed by atoms with Crippen molar-refractivity contribution in [3.63, 3.8) is 0 Å². The Morgan fingerprint density at radius 2 is 1.20 bits per heavy atom. The Kier molecular flexibility index (Phi) is 5.97. The summed E-state index contributed by atoms with van der Waals surface area (Å²) >= 11 is 0. The van der Waals surface area contributed by atoms with Crippen LogP contribution in [0, 0.1) is 11.8 Å². The van der Waals surface area contributed by atoms with E-state index >= 15 is 0 Å². The predicted octanol–water partition coefficient (Wildman–Crippen LogP) is -0.742. The second kappa shape index (κ2) is 5.19. The fraction of sp³-hybridized carbons (Fsp3) is 0.800. The van der Waals surface area contributed by atoms with Crippen LogP contribution in [0.2, 0.25) is 0 Å². The van der Waals surface area contributed by atoms with Crippen molar-refractivity contribution in [2.24, 2.45) is 5.92 Å². The molecule has 0 N–H and O–H groups in total. The van der Waals surface area contributed by atoms with Crippen LogP contribution in [0.5, 0.6) is 0 Å². The fourth-order valence-electron chi connectivity index (χ4n) is 1.05. The molecular weight excluding hydrogens is 167 g/mol. The third kappa shape index (κ3) is 3.76. The minimum absolute atomic E-state index is 0. The van der Waals surface area contributed by atoms with E-state index in [4.69, 9.17) is 0 Å². The van der Waals surface area contributed by atoms with Gasteiger partial charge in [-0.15, -0.1) is 5.92 Å². The molecule has 3 fully saturated rings. The topological polar surface area (TPSA) is 0 Å². The minimum Gasteiger partial charge on any atom is -0.313 e. The zero-order valence-corrected chi connectivity index (χ0v) is 9.03. The molecule has 0 radical (unpaired) electrons. The maximum atomic E-state index is 9.67. The molecule has 0 amide bonds. The van der Waals surface area contributed by atoms with Crippen molar-refractivity contribution in [3.05, 3.63) is 5.92 Å². The Balaban J connectivity index is 0.000000153. The van der Waals surface area contributed by atoms with Crippen LogP contribution in [-0.4, -0.2) is 7.54 Å². The van der Waals surface area contributed by atoms with Crippen molar-refractivity contribution < 1.29 is 64.3 Å². The molecule has 5 heteroatoms. The average molecular weight is 174 g/mol. The molecular formula is C5H7BF3K. The van der Waals surface area contributed by atoms with Crippen LogP contribution in [0.25, 0.3) is 0 Å². The summed E-state index contributed by atoms with van der Waals surface area (Å²) in [6, 6.07) is 0. The number of halogens is 3. The van der Waals surface area contributed by atoms with Crippen molar-refractivity contribution in [2.45, 2.75) is 19.3 Å². The molecule has 0 atom stereocenters. The van der Waals surface area contributed by atoms with Crippen LogP contribution in [-0.2, 0) is 0 Å². The van der Waals surface area contributed by atoms with E-state index in [1.165, 1.54) is 25.2 Å². The first-order valence-corrected chi connectivity index (χ1v) is 2.94. The van der Waals surface area contributed by atoms with Crippen molar-refractivity contribution in [1.82, 2.24) is 0 Å². The zero-order valence-electron chi connectivity index (χ0n) is 5.91. The molecule has 0 saturated heterocycles. The van der Waals surface area contributed by atoms with E-state index in [2.05, 4.69) is 0 Å². The summed E-state index contributed by atoms with van der Waals surface area (Å²) < 4.78 is 29.0. The monoisotopic (exact) mass is 174 g/mol. The van der Waals surface area contributed by atoms with Gasteiger partial charge in [0.1, 0.15) is 0 Å². The van der Waals surface area contributed by atoms with E-state index in [-0.39, 0.29) is 51.4 Å². The molecule has 3 saturated carbocycles. The number of hydrogen-bond donors (Lipinski definition) is 0. The average Bonchev–Trinajstić information content (AvgIpc) is 1.11. The second-order valence-corrected chi connectivity index (χ2v) is 2.48. The zero-order chi connectivity index (χ0) is 6.85. The summed E-state index contributed by atoms with van der Waals surface area (Å²) in [5.74, 6) is 3.00. The van der Waals surface area contributed by atoms with Crippen LogP contribution >= 0.6 is 0 Å². The van der Waals surface area contributed by atoms with Crippen molar-refractivity contribution >= 4 is 7.54 Å². The van der Waals surface area contributed by atoms with Crippen molar-refractivity contribution in [2.75, 3.05) is 0 Å². The summed E-state index contributed by atoms with van der Waals surface area (Å²) in [6.45, 7) is 0. The first-order chi connectivity index (χ1) is 4.18. The van der Waals surface area contributed by atoms with Gasteiger partial charge >= 0.3 is 58.9 Å². The van der Waals surface area contributed by atoms with Crippen molar-refractivity contribution in [1.29, 1.82) is 0 Å². The molecule has 2 bridgehead atoms. The Bertz CT molecular complexity index is 77.9. The van der Waals surface area contributed by atoms with Crippen LogP contribution < -0.4 is 51.4 Å². The maximum absolute atomic E-state index is 9.67. The third-order valence-corrected chi connectivity index (χ3v) is 1.73. The van der Waals surface area contributed by atoms with Gasteiger partial charge in [-0.3, -0.25) is 12.9 Å². The van der Waals surface area contributed by atoms with E-state index in [0.29, 0.717) is 0 Å². The van der Waals surface area contributed by atoms with Gasteiger partial charge in [0.25, 0.3) is 0 Å². The Hall–Kier alpha value is 1.49. The van der Waals surface area contributed by atoms with Gasteiger partial charge < -0.3 is 5.92 Å². The van der Waals surface area contributed by atoms with E-state index < -0.39 is 7.54 Å². The Labute approximate surface area is 102 Å². The second-order valence-electron chi connectivity index (χ2n) is 2.48. The van der Waals surface area contributed by atoms with Crippen LogP contribution in [0.3, 0.4) is 0 Å². The first-order valence-electron chi connectivity index (χ1n) is 2.94. The standard InChI is InChI=1S/C5H7.BF3.K/c1-4-2-5(1)3-4;2-1(3)4;/h4H,1-3H2;;/q-1;;+1. The third-order valence-electron chi connectivity index (χ3n) is 1.73.